The summed E-state index contributed by atoms with van der Waals surface area (Å²) in [5, 5.41) is 13.8. The van der Waals surface area contributed by atoms with Gasteiger partial charge in [0.1, 0.15) is 25.5 Å². The van der Waals surface area contributed by atoms with Crippen LogP contribution in [0.2, 0.25) is 0 Å². The number of fused-ring (bicyclic) bond motifs is 3. The van der Waals surface area contributed by atoms with Crippen molar-refractivity contribution in [2.45, 2.75) is 25.6 Å². The van der Waals surface area contributed by atoms with E-state index in [9.17, 15) is 4.79 Å². The van der Waals surface area contributed by atoms with Gasteiger partial charge in [0.2, 0.25) is 5.82 Å². The molecule has 40 heavy (non-hydrogen) atoms. The molecule has 0 aliphatic carbocycles. The van der Waals surface area contributed by atoms with E-state index in [1.165, 1.54) is 16.0 Å². The summed E-state index contributed by atoms with van der Waals surface area (Å²) in [5.74, 6) is 2.75. The van der Waals surface area contributed by atoms with E-state index < -0.39 is 0 Å². The van der Waals surface area contributed by atoms with Crippen LogP contribution in [0.15, 0.2) is 71.5 Å². The fourth-order valence-corrected chi connectivity index (χ4v) is 5.80. The molecule has 2 N–H and O–H groups in total. The third kappa shape index (κ3) is 4.46. The van der Waals surface area contributed by atoms with Gasteiger partial charge < -0.3 is 24.1 Å². The van der Waals surface area contributed by atoms with E-state index in [-0.39, 0.29) is 11.6 Å². The number of hydrogen-bond donors (Lipinski definition) is 2. The van der Waals surface area contributed by atoms with Crippen LogP contribution in [0.5, 0.6) is 17.2 Å². The Morgan fingerprint density at radius 2 is 1.80 bits per heavy atom. The molecule has 2 aliphatic heterocycles. The number of quaternary nitrogens is 1. The Labute approximate surface area is 230 Å². The summed E-state index contributed by atoms with van der Waals surface area (Å²) in [4.78, 5) is 18.0. The van der Waals surface area contributed by atoms with Crippen LogP contribution in [0, 0.1) is 0 Å². The lowest BCUT2D eigenvalue weighted by Gasteiger charge is -2.32. The highest BCUT2D eigenvalue weighted by molar-refractivity contribution is 5.83. The van der Waals surface area contributed by atoms with E-state index >= 15 is 0 Å². The first-order valence-corrected chi connectivity index (χ1v) is 13.4. The van der Waals surface area contributed by atoms with Gasteiger partial charge in [-0.1, -0.05) is 36.4 Å². The number of rotatable bonds is 6. The molecule has 7 rings (SSSR count). The Morgan fingerprint density at radius 1 is 1.02 bits per heavy atom. The maximum Gasteiger partial charge on any atom is 0.258 e. The molecule has 2 aliphatic rings. The number of methoxy groups -OCH3 is 1. The van der Waals surface area contributed by atoms with Crippen molar-refractivity contribution in [1.82, 2.24) is 25.2 Å². The Balaban J connectivity index is 1.33. The maximum atomic E-state index is 13.7. The van der Waals surface area contributed by atoms with Crippen molar-refractivity contribution in [3.8, 4) is 17.2 Å². The normalized spacial score (nSPS) is 16.9. The topological polar surface area (TPSA) is 109 Å². The molecular weight excluding hydrogens is 508 g/mol. The Kier molecular flexibility index (Phi) is 6.16. The van der Waals surface area contributed by atoms with E-state index in [4.69, 9.17) is 14.2 Å². The SMILES string of the molecule is COc1ccc(Cn2nnnc2C(c2cc3cc4c(cc3[nH]c2=O)OCCO4)[NH+]2CCc3ccccc3C2)cc1. The Morgan fingerprint density at radius 3 is 2.60 bits per heavy atom. The minimum Gasteiger partial charge on any atom is -0.497 e. The van der Waals surface area contributed by atoms with Gasteiger partial charge in [0.25, 0.3) is 5.56 Å². The van der Waals surface area contributed by atoms with E-state index in [2.05, 4.69) is 44.8 Å². The van der Waals surface area contributed by atoms with Gasteiger partial charge >= 0.3 is 0 Å². The smallest absolute Gasteiger partial charge is 0.258 e. The van der Waals surface area contributed by atoms with Gasteiger partial charge in [0.05, 0.1) is 31.3 Å². The second-order valence-corrected chi connectivity index (χ2v) is 10.2. The molecule has 10 heteroatoms. The summed E-state index contributed by atoms with van der Waals surface area (Å²) >= 11 is 0. The molecule has 5 aromatic rings. The summed E-state index contributed by atoms with van der Waals surface area (Å²) < 4.78 is 18.7. The van der Waals surface area contributed by atoms with Crippen LogP contribution in [0.3, 0.4) is 0 Å². The van der Waals surface area contributed by atoms with Crippen molar-refractivity contribution in [1.29, 1.82) is 0 Å². The van der Waals surface area contributed by atoms with Gasteiger partial charge in [-0.25, -0.2) is 4.68 Å². The molecular formula is C30H29N6O4+. The van der Waals surface area contributed by atoms with Gasteiger partial charge in [0.15, 0.2) is 17.5 Å². The molecule has 0 fully saturated rings. The number of tetrazole rings is 1. The number of pyridine rings is 1. The lowest BCUT2D eigenvalue weighted by Crippen LogP contribution is -3.12. The maximum absolute atomic E-state index is 13.7. The van der Waals surface area contributed by atoms with E-state index in [0.717, 1.165) is 36.2 Å². The summed E-state index contributed by atoms with van der Waals surface area (Å²) in [6.45, 7) is 3.05. The standard InChI is InChI=1S/C30H28N6O4/c1-38-23-8-6-19(7-9-23)17-36-29(32-33-34-36)28(35-11-10-20-4-2-3-5-21(20)18-35)24-14-22-15-26-27(40-13-12-39-26)16-25(22)31-30(24)37/h2-9,14-16,28H,10-13,17-18H2,1H3,(H,31,37)/p+1. The predicted octanol–water partition coefficient (Wildman–Crippen LogP) is 2.07. The minimum absolute atomic E-state index is 0.167. The van der Waals surface area contributed by atoms with E-state index in [0.29, 0.717) is 48.2 Å². The molecule has 4 heterocycles. The quantitative estimate of drug-likeness (QED) is 0.341. The summed E-state index contributed by atoms with van der Waals surface area (Å²) in [5.41, 5.74) is 4.81. The largest absolute Gasteiger partial charge is 0.497 e. The zero-order valence-corrected chi connectivity index (χ0v) is 22.1. The zero-order valence-electron chi connectivity index (χ0n) is 22.1. The number of benzene rings is 3. The summed E-state index contributed by atoms with van der Waals surface area (Å²) in [6.07, 6.45) is 0.909. The van der Waals surface area contributed by atoms with Crippen molar-refractivity contribution in [2.24, 2.45) is 0 Å². The van der Waals surface area contributed by atoms with Crippen molar-refractivity contribution < 1.29 is 19.1 Å². The zero-order chi connectivity index (χ0) is 27.1. The van der Waals surface area contributed by atoms with Crippen LogP contribution >= 0.6 is 0 Å². The summed E-state index contributed by atoms with van der Waals surface area (Å²) in [7, 11) is 1.65. The van der Waals surface area contributed by atoms with Crippen molar-refractivity contribution in [2.75, 3.05) is 26.9 Å². The van der Waals surface area contributed by atoms with Gasteiger partial charge in [-0.15, -0.1) is 5.10 Å². The van der Waals surface area contributed by atoms with Gasteiger partial charge in [-0.2, -0.15) is 0 Å². The number of aromatic nitrogens is 5. The van der Waals surface area contributed by atoms with E-state index in [1.807, 2.05) is 42.5 Å². The van der Waals surface area contributed by atoms with Crippen molar-refractivity contribution in [3.05, 3.63) is 105 Å². The fourth-order valence-electron chi connectivity index (χ4n) is 5.80. The first kappa shape index (κ1) is 24.3. The third-order valence-electron chi connectivity index (χ3n) is 7.82. The van der Waals surface area contributed by atoms with E-state index in [1.54, 1.807) is 11.8 Å². The molecule has 10 nitrogen and oxygen atoms in total. The first-order chi connectivity index (χ1) is 19.7. The molecule has 2 atom stereocenters. The number of ether oxygens (including phenoxy) is 3. The molecule has 2 aromatic heterocycles. The monoisotopic (exact) mass is 537 g/mol. The third-order valence-corrected chi connectivity index (χ3v) is 7.82. The lowest BCUT2D eigenvalue weighted by molar-refractivity contribution is -0.942. The minimum atomic E-state index is -0.386. The van der Waals surface area contributed by atoms with Crippen molar-refractivity contribution >= 4 is 10.9 Å². The number of nitrogens with one attached hydrogen (secondary N) is 2. The number of nitrogens with zero attached hydrogens (tertiary/aromatic N) is 4. The molecule has 0 saturated carbocycles. The van der Waals surface area contributed by atoms with Crippen molar-refractivity contribution in [3.63, 3.8) is 0 Å². The fraction of sp³-hybridized carbons (Fsp3) is 0.267. The molecule has 202 valence electrons. The summed E-state index contributed by atoms with van der Waals surface area (Å²) in [6, 6.07) is 21.7. The Hall–Kier alpha value is -4.70. The highest BCUT2D eigenvalue weighted by Crippen LogP contribution is 2.34. The lowest BCUT2D eigenvalue weighted by atomic mass is 9.96. The first-order valence-electron chi connectivity index (χ1n) is 13.4. The van der Waals surface area contributed by atoms with Crippen LogP contribution in [0.1, 0.15) is 34.1 Å². The molecule has 2 unspecified atom stereocenters. The molecule has 0 saturated heterocycles. The van der Waals surface area contributed by atoms with Crippen LogP contribution in [-0.4, -0.2) is 52.1 Å². The van der Waals surface area contributed by atoms with Crippen LogP contribution in [0.25, 0.3) is 10.9 Å². The highest BCUT2D eigenvalue weighted by Gasteiger charge is 2.36. The number of H-pyrrole nitrogens is 1. The van der Waals surface area contributed by atoms with Gasteiger partial charge in [-0.05, 0) is 45.8 Å². The van der Waals surface area contributed by atoms with Gasteiger partial charge in [0, 0.05) is 23.4 Å². The van der Waals surface area contributed by atoms with Crippen LogP contribution < -0.4 is 24.7 Å². The molecule has 0 spiro atoms. The average molecular weight is 538 g/mol. The molecule has 0 radical (unpaired) electrons. The second kappa shape index (κ2) is 10.1. The molecule has 0 amide bonds. The molecule has 3 aromatic carbocycles. The average Bonchev–Trinajstić information content (AvgIpc) is 3.44. The molecule has 0 bridgehead atoms. The van der Waals surface area contributed by atoms with Crippen LogP contribution in [-0.2, 0) is 19.5 Å². The second-order valence-electron chi connectivity index (χ2n) is 10.2. The highest BCUT2D eigenvalue weighted by atomic mass is 16.6. The number of hydrogen-bond acceptors (Lipinski definition) is 7. The predicted molar refractivity (Wildman–Crippen MR) is 147 cm³/mol. The van der Waals surface area contributed by atoms with Gasteiger partial charge in [-0.3, -0.25) is 4.79 Å². The number of aromatic amines is 1. The van der Waals surface area contributed by atoms with Crippen LogP contribution in [0.4, 0.5) is 0 Å². The Bertz CT molecular complexity index is 1750.